The summed E-state index contributed by atoms with van der Waals surface area (Å²) in [6, 6.07) is 0.551. The summed E-state index contributed by atoms with van der Waals surface area (Å²) in [7, 11) is 0. The van der Waals surface area contributed by atoms with E-state index in [1.165, 1.54) is 25.7 Å². The van der Waals surface area contributed by atoms with Gasteiger partial charge in [0, 0.05) is 12.6 Å². The van der Waals surface area contributed by atoms with Crippen molar-refractivity contribution in [3.8, 4) is 0 Å². The van der Waals surface area contributed by atoms with E-state index in [4.69, 9.17) is 4.74 Å². The molecule has 0 aromatic carbocycles. The zero-order valence-electron chi connectivity index (χ0n) is 11.0. The van der Waals surface area contributed by atoms with Gasteiger partial charge in [-0.3, -0.25) is 0 Å². The first-order valence-electron chi connectivity index (χ1n) is 6.59. The van der Waals surface area contributed by atoms with Crippen molar-refractivity contribution in [1.82, 2.24) is 5.32 Å². The number of hydrogen-bond acceptors (Lipinski definition) is 2. The molecule has 0 aromatic heterocycles. The van der Waals surface area contributed by atoms with Crippen LogP contribution in [0.25, 0.3) is 0 Å². The maximum atomic E-state index is 5.52. The van der Waals surface area contributed by atoms with Crippen LogP contribution < -0.4 is 5.32 Å². The van der Waals surface area contributed by atoms with E-state index in [1.54, 1.807) is 0 Å². The molecule has 0 spiro atoms. The topological polar surface area (TPSA) is 21.3 Å². The molecule has 0 fully saturated rings. The van der Waals surface area contributed by atoms with Gasteiger partial charge >= 0.3 is 0 Å². The Kier molecular flexibility index (Phi) is 10.4. The SMILES string of the molecule is CCCNC(COCC)CC(CC)CC. The van der Waals surface area contributed by atoms with Gasteiger partial charge in [0.2, 0.25) is 0 Å². The molecule has 15 heavy (non-hydrogen) atoms. The van der Waals surface area contributed by atoms with Crippen LogP contribution in [0.2, 0.25) is 0 Å². The van der Waals surface area contributed by atoms with Gasteiger partial charge in [-0.15, -0.1) is 0 Å². The molecule has 0 saturated heterocycles. The second-order valence-electron chi connectivity index (χ2n) is 4.23. The predicted octanol–water partition coefficient (Wildman–Crippen LogP) is 3.22. The van der Waals surface area contributed by atoms with E-state index in [0.717, 1.165) is 25.7 Å². The molecule has 2 heteroatoms. The number of hydrogen-bond donors (Lipinski definition) is 1. The minimum atomic E-state index is 0.551. The van der Waals surface area contributed by atoms with Crippen molar-refractivity contribution in [1.29, 1.82) is 0 Å². The van der Waals surface area contributed by atoms with Crippen LogP contribution in [0.5, 0.6) is 0 Å². The highest BCUT2D eigenvalue weighted by Crippen LogP contribution is 2.15. The summed E-state index contributed by atoms with van der Waals surface area (Å²) < 4.78 is 5.52. The van der Waals surface area contributed by atoms with Crippen LogP contribution in [0.15, 0.2) is 0 Å². The Hall–Kier alpha value is -0.0800. The van der Waals surface area contributed by atoms with E-state index in [0.29, 0.717) is 6.04 Å². The van der Waals surface area contributed by atoms with Gasteiger partial charge in [0.05, 0.1) is 6.61 Å². The van der Waals surface area contributed by atoms with Crippen LogP contribution >= 0.6 is 0 Å². The predicted molar refractivity (Wildman–Crippen MR) is 67.3 cm³/mol. The van der Waals surface area contributed by atoms with E-state index >= 15 is 0 Å². The highest BCUT2D eigenvalue weighted by atomic mass is 16.5. The van der Waals surface area contributed by atoms with Gasteiger partial charge in [-0.1, -0.05) is 33.6 Å². The molecule has 1 N–H and O–H groups in total. The van der Waals surface area contributed by atoms with Gasteiger partial charge in [-0.2, -0.15) is 0 Å². The fraction of sp³-hybridized carbons (Fsp3) is 1.00. The van der Waals surface area contributed by atoms with Gasteiger partial charge in [-0.25, -0.2) is 0 Å². The third-order valence-electron chi connectivity index (χ3n) is 2.98. The molecule has 2 nitrogen and oxygen atoms in total. The molecule has 0 aliphatic rings. The van der Waals surface area contributed by atoms with E-state index in [9.17, 15) is 0 Å². The van der Waals surface area contributed by atoms with Crippen molar-refractivity contribution in [2.45, 2.75) is 59.4 Å². The largest absolute Gasteiger partial charge is 0.380 e. The maximum absolute atomic E-state index is 5.52. The van der Waals surface area contributed by atoms with Crippen molar-refractivity contribution in [2.75, 3.05) is 19.8 Å². The van der Waals surface area contributed by atoms with Crippen LogP contribution in [0.3, 0.4) is 0 Å². The van der Waals surface area contributed by atoms with Crippen LogP contribution in [0.1, 0.15) is 53.4 Å². The number of rotatable bonds is 10. The Balaban J connectivity index is 3.86. The quantitative estimate of drug-likeness (QED) is 0.604. The number of ether oxygens (including phenoxy) is 1. The van der Waals surface area contributed by atoms with E-state index in [1.807, 2.05) is 0 Å². The maximum Gasteiger partial charge on any atom is 0.0619 e. The Morgan fingerprint density at radius 3 is 2.20 bits per heavy atom. The first kappa shape index (κ1) is 14.9. The molecule has 0 saturated carbocycles. The van der Waals surface area contributed by atoms with Gasteiger partial charge in [0.1, 0.15) is 0 Å². The first-order chi connectivity index (χ1) is 7.28. The third kappa shape index (κ3) is 7.80. The molecule has 92 valence electrons. The van der Waals surface area contributed by atoms with E-state index in [2.05, 4.69) is 33.0 Å². The van der Waals surface area contributed by atoms with Gasteiger partial charge in [0.15, 0.2) is 0 Å². The molecular weight excluding hydrogens is 186 g/mol. The molecule has 0 aliphatic heterocycles. The summed E-state index contributed by atoms with van der Waals surface area (Å²) in [6.07, 6.45) is 5.03. The monoisotopic (exact) mass is 215 g/mol. The van der Waals surface area contributed by atoms with E-state index in [-0.39, 0.29) is 0 Å². The lowest BCUT2D eigenvalue weighted by molar-refractivity contribution is 0.113. The minimum Gasteiger partial charge on any atom is -0.380 e. The average molecular weight is 215 g/mol. The molecule has 1 unspecified atom stereocenters. The Bertz CT molecular complexity index is 116. The molecular formula is C13H29NO. The second kappa shape index (κ2) is 10.4. The Morgan fingerprint density at radius 1 is 1.07 bits per heavy atom. The molecule has 0 bridgehead atoms. The molecule has 0 aromatic rings. The normalized spacial score (nSPS) is 13.4. The first-order valence-corrected chi connectivity index (χ1v) is 6.59. The Labute approximate surface area is 95.8 Å². The third-order valence-corrected chi connectivity index (χ3v) is 2.98. The van der Waals surface area contributed by atoms with Gasteiger partial charge in [-0.05, 0) is 32.2 Å². The fourth-order valence-corrected chi connectivity index (χ4v) is 1.84. The van der Waals surface area contributed by atoms with Crippen molar-refractivity contribution >= 4 is 0 Å². The van der Waals surface area contributed by atoms with Crippen LogP contribution in [-0.4, -0.2) is 25.8 Å². The van der Waals surface area contributed by atoms with Crippen molar-refractivity contribution in [3.05, 3.63) is 0 Å². The van der Waals surface area contributed by atoms with Crippen molar-refractivity contribution in [3.63, 3.8) is 0 Å². The van der Waals surface area contributed by atoms with Crippen LogP contribution in [0.4, 0.5) is 0 Å². The summed E-state index contributed by atoms with van der Waals surface area (Å²) in [5, 5.41) is 3.58. The fourth-order valence-electron chi connectivity index (χ4n) is 1.84. The second-order valence-corrected chi connectivity index (χ2v) is 4.23. The molecule has 0 rings (SSSR count). The highest BCUT2D eigenvalue weighted by molar-refractivity contribution is 4.70. The van der Waals surface area contributed by atoms with Crippen LogP contribution in [0, 0.1) is 5.92 Å². The van der Waals surface area contributed by atoms with Crippen molar-refractivity contribution in [2.24, 2.45) is 5.92 Å². The van der Waals surface area contributed by atoms with Crippen molar-refractivity contribution < 1.29 is 4.74 Å². The minimum absolute atomic E-state index is 0.551. The zero-order chi connectivity index (χ0) is 11.5. The van der Waals surface area contributed by atoms with E-state index < -0.39 is 0 Å². The summed E-state index contributed by atoms with van der Waals surface area (Å²) in [4.78, 5) is 0. The summed E-state index contributed by atoms with van der Waals surface area (Å²) in [5.41, 5.74) is 0. The molecule has 0 heterocycles. The summed E-state index contributed by atoms with van der Waals surface area (Å²) in [6.45, 7) is 11.6. The van der Waals surface area contributed by atoms with Gasteiger partial charge < -0.3 is 10.1 Å². The summed E-state index contributed by atoms with van der Waals surface area (Å²) in [5.74, 6) is 0.847. The molecule has 0 aliphatic carbocycles. The molecule has 0 amide bonds. The standard InChI is InChI=1S/C13H29NO/c1-5-9-14-13(11-15-8-4)10-12(6-2)7-3/h12-14H,5-11H2,1-4H3. The van der Waals surface area contributed by atoms with Crippen LogP contribution in [-0.2, 0) is 4.74 Å². The lowest BCUT2D eigenvalue weighted by Gasteiger charge is -2.22. The highest BCUT2D eigenvalue weighted by Gasteiger charge is 2.13. The Morgan fingerprint density at radius 2 is 1.73 bits per heavy atom. The molecule has 0 radical (unpaired) electrons. The number of nitrogens with one attached hydrogen (secondary N) is 1. The smallest absolute Gasteiger partial charge is 0.0619 e. The van der Waals surface area contributed by atoms with Gasteiger partial charge in [0.25, 0.3) is 0 Å². The zero-order valence-corrected chi connectivity index (χ0v) is 11.0. The summed E-state index contributed by atoms with van der Waals surface area (Å²) >= 11 is 0. The average Bonchev–Trinajstić information content (AvgIpc) is 2.28. The molecule has 1 atom stereocenters. The lowest BCUT2D eigenvalue weighted by Crippen LogP contribution is -2.35. The lowest BCUT2D eigenvalue weighted by atomic mass is 9.95.